The number of fused-ring (bicyclic) bond motifs is 2. The fraction of sp³-hybridized carbons (Fsp3) is 0.158. The summed E-state index contributed by atoms with van der Waals surface area (Å²) >= 11 is 2.83. The standard InChI is InChI=1S/C19H16N4O2S2/c1-3-9-23-18(25)13-8-10-26-16(13)21-19(23)27-11-15-20-14-7-5-4-6-12(14)17(24)22(15)2/h3-8,10H,1,9,11H2,2H3. The Morgan fingerprint density at radius 1 is 1.15 bits per heavy atom. The number of benzene rings is 1. The molecule has 0 aliphatic rings. The molecule has 0 N–H and O–H groups in total. The van der Waals surface area contributed by atoms with E-state index in [4.69, 9.17) is 0 Å². The fourth-order valence-electron chi connectivity index (χ4n) is 2.85. The van der Waals surface area contributed by atoms with Gasteiger partial charge in [-0.25, -0.2) is 9.97 Å². The van der Waals surface area contributed by atoms with E-state index in [0.29, 0.717) is 44.4 Å². The maximum absolute atomic E-state index is 12.7. The lowest BCUT2D eigenvalue weighted by Crippen LogP contribution is -2.23. The first-order valence-electron chi connectivity index (χ1n) is 8.26. The second kappa shape index (κ2) is 7.13. The Hall–Kier alpha value is -2.71. The Kier molecular flexibility index (Phi) is 4.67. The number of thioether (sulfide) groups is 1. The predicted octanol–water partition coefficient (Wildman–Crippen LogP) is 3.18. The van der Waals surface area contributed by atoms with E-state index in [1.54, 1.807) is 34.4 Å². The zero-order chi connectivity index (χ0) is 19.0. The molecule has 0 atom stereocenters. The normalized spacial score (nSPS) is 11.3. The van der Waals surface area contributed by atoms with Gasteiger partial charge in [0.2, 0.25) is 0 Å². The molecule has 0 saturated heterocycles. The summed E-state index contributed by atoms with van der Waals surface area (Å²) in [6.07, 6.45) is 1.68. The van der Waals surface area contributed by atoms with Crippen LogP contribution in [0.25, 0.3) is 21.1 Å². The van der Waals surface area contributed by atoms with Gasteiger partial charge in [-0.3, -0.25) is 18.7 Å². The quantitative estimate of drug-likeness (QED) is 0.294. The summed E-state index contributed by atoms with van der Waals surface area (Å²) in [5, 5.41) is 3.66. The minimum atomic E-state index is -0.0821. The number of para-hydroxylation sites is 1. The number of thiophene rings is 1. The van der Waals surface area contributed by atoms with Gasteiger partial charge < -0.3 is 0 Å². The molecule has 0 radical (unpaired) electrons. The second-order valence-corrected chi connectivity index (χ2v) is 7.77. The molecule has 0 saturated carbocycles. The van der Waals surface area contributed by atoms with Crippen molar-refractivity contribution in [1.82, 2.24) is 19.1 Å². The monoisotopic (exact) mass is 396 g/mol. The SMILES string of the molecule is C=CCn1c(SCc2nc3ccccc3c(=O)n2C)nc2sccc2c1=O. The van der Waals surface area contributed by atoms with Gasteiger partial charge in [-0.1, -0.05) is 30.0 Å². The van der Waals surface area contributed by atoms with Gasteiger partial charge in [0.1, 0.15) is 10.7 Å². The zero-order valence-electron chi connectivity index (χ0n) is 14.6. The molecule has 0 unspecified atom stereocenters. The predicted molar refractivity (Wildman–Crippen MR) is 111 cm³/mol. The zero-order valence-corrected chi connectivity index (χ0v) is 16.2. The summed E-state index contributed by atoms with van der Waals surface area (Å²) in [6, 6.07) is 9.08. The molecule has 27 heavy (non-hydrogen) atoms. The molecule has 0 amide bonds. The highest BCUT2D eigenvalue weighted by atomic mass is 32.2. The third-order valence-electron chi connectivity index (χ3n) is 4.27. The molecule has 4 aromatic rings. The topological polar surface area (TPSA) is 69.8 Å². The van der Waals surface area contributed by atoms with Crippen LogP contribution in [0.2, 0.25) is 0 Å². The molecule has 3 heterocycles. The van der Waals surface area contributed by atoms with Crippen molar-refractivity contribution in [3.05, 3.63) is 74.9 Å². The number of hydrogen-bond acceptors (Lipinski definition) is 6. The van der Waals surface area contributed by atoms with E-state index in [9.17, 15) is 9.59 Å². The van der Waals surface area contributed by atoms with Crippen LogP contribution in [0.4, 0.5) is 0 Å². The molecule has 0 fully saturated rings. The molecule has 3 aromatic heterocycles. The smallest absolute Gasteiger partial charge is 0.263 e. The highest BCUT2D eigenvalue weighted by Crippen LogP contribution is 2.24. The van der Waals surface area contributed by atoms with Gasteiger partial charge in [0.05, 0.1) is 22.0 Å². The third kappa shape index (κ3) is 3.11. The van der Waals surface area contributed by atoms with E-state index in [0.717, 1.165) is 0 Å². The van der Waals surface area contributed by atoms with Crippen LogP contribution in [-0.4, -0.2) is 19.1 Å². The van der Waals surface area contributed by atoms with Gasteiger partial charge in [0, 0.05) is 13.6 Å². The van der Waals surface area contributed by atoms with Crippen molar-refractivity contribution in [2.24, 2.45) is 7.05 Å². The van der Waals surface area contributed by atoms with Crippen molar-refractivity contribution in [2.75, 3.05) is 0 Å². The van der Waals surface area contributed by atoms with E-state index in [1.165, 1.54) is 23.1 Å². The molecule has 0 bridgehead atoms. The van der Waals surface area contributed by atoms with E-state index in [2.05, 4.69) is 16.5 Å². The van der Waals surface area contributed by atoms with Crippen molar-refractivity contribution in [3.63, 3.8) is 0 Å². The highest BCUT2D eigenvalue weighted by Gasteiger charge is 2.14. The molecule has 8 heteroatoms. The maximum Gasteiger partial charge on any atom is 0.263 e. The molecule has 0 aliphatic carbocycles. The molecule has 0 aliphatic heterocycles. The summed E-state index contributed by atoms with van der Waals surface area (Å²) in [4.78, 5) is 35.2. The maximum atomic E-state index is 12.7. The number of rotatable bonds is 5. The van der Waals surface area contributed by atoms with Crippen molar-refractivity contribution >= 4 is 44.2 Å². The summed E-state index contributed by atoms with van der Waals surface area (Å²) in [6.45, 7) is 4.11. The molecular weight excluding hydrogens is 380 g/mol. The van der Waals surface area contributed by atoms with Crippen LogP contribution in [0.5, 0.6) is 0 Å². The molecule has 6 nitrogen and oxygen atoms in total. The van der Waals surface area contributed by atoms with E-state index in [1.807, 2.05) is 23.6 Å². The third-order valence-corrected chi connectivity index (χ3v) is 6.05. The lowest BCUT2D eigenvalue weighted by molar-refractivity contribution is 0.671. The van der Waals surface area contributed by atoms with Crippen molar-refractivity contribution in [1.29, 1.82) is 0 Å². The Balaban J connectivity index is 1.76. The summed E-state index contributed by atoms with van der Waals surface area (Å²) in [5.74, 6) is 1.06. The molecule has 4 rings (SSSR count). The molecular formula is C19H16N4O2S2. The van der Waals surface area contributed by atoms with Crippen LogP contribution in [0, 0.1) is 0 Å². The Morgan fingerprint density at radius 2 is 1.96 bits per heavy atom. The lowest BCUT2D eigenvalue weighted by atomic mass is 10.2. The Morgan fingerprint density at radius 3 is 2.78 bits per heavy atom. The van der Waals surface area contributed by atoms with Gasteiger partial charge in [0.15, 0.2) is 5.16 Å². The number of allylic oxidation sites excluding steroid dienone is 1. The van der Waals surface area contributed by atoms with Crippen LogP contribution >= 0.6 is 23.1 Å². The summed E-state index contributed by atoms with van der Waals surface area (Å²) in [5.41, 5.74) is 0.506. The van der Waals surface area contributed by atoms with Crippen molar-refractivity contribution in [2.45, 2.75) is 17.5 Å². The van der Waals surface area contributed by atoms with Gasteiger partial charge in [-0.15, -0.1) is 17.9 Å². The van der Waals surface area contributed by atoms with E-state index < -0.39 is 0 Å². The average Bonchev–Trinajstić information content (AvgIpc) is 3.15. The lowest BCUT2D eigenvalue weighted by Gasteiger charge is -2.12. The number of aromatic nitrogens is 4. The Bertz CT molecular complexity index is 1290. The van der Waals surface area contributed by atoms with Gasteiger partial charge >= 0.3 is 0 Å². The van der Waals surface area contributed by atoms with E-state index >= 15 is 0 Å². The second-order valence-electron chi connectivity index (χ2n) is 5.94. The van der Waals surface area contributed by atoms with Crippen LogP contribution in [0.1, 0.15) is 5.82 Å². The van der Waals surface area contributed by atoms with Crippen molar-refractivity contribution in [3.8, 4) is 0 Å². The largest absolute Gasteiger partial charge is 0.299 e. The minimum Gasteiger partial charge on any atom is -0.299 e. The van der Waals surface area contributed by atoms with Crippen LogP contribution in [0.3, 0.4) is 0 Å². The first-order chi connectivity index (χ1) is 13.1. The first kappa shape index (κ1) is 17.7. The fourth-order valence-corrected chi connectivity index (χ4v) is 4.65. The summed E-state index contributed by atoms with van der Waals surface area (Å²) in [7, 11) is 1.71. The summed E-state index contributed by atoms with van der Waals surface area (Å²) < 4.78 is 3.15. The minimum absolute atomic E-state index is 0.0796. The molecule has 1 aromatic carbocycles. The van der Waals surface area contributed by atoms with Gasteiger partial charge in [-0.2, -0.15) is 0 Å². The highest BCUT2D eigenvalue weighted by molar-refractivity contribution is 7.98. The number of nitrogens with zero attached hydrogens (tertiary/aromatic N) is 4. The van der Waals surface area contributed by atoms with E-state index in [-0.39, 0.29) is 11.1 Å². The van der Waals surface area contributed by atoms with Crippen LogP contribution in [0.15, 0.2) is 63.1 Å². The molecule has 136 valence electrons. The van der Waals surface area contributed by atoms with Crippen LogP contribution < -0.4 is 11.1 Å². The molecule has 0 spiro atoms. The van der Waals surface area contributed by atoms with Gasteiger partial charge in [-0.05, 0) is 23.6 Å². The van der Waals surface area contributed by atoms with Crippen molar-refractivity contribution < 1.29 is 0 Å². The van der Waals surface area contributed by atoms with Crippen LogP contribution in [-0.2, 0) is 19.3 Å². The average molecular weight is 396 g/mol. The first-order valence-corrected chi connectivity index (χ1v) is 10.1. The van der Waals surface area contributed by atoms with Gasteiger partial charge in [0.25, 0.3) is 11.1 Å². The number of hydrogen-bond donors (Lipinski definition) is 0. The Labute approximate surface area is 162 Å².